The van der Waals surface area contributed by atoms with Gasteiger partial charge in [0, 0.05) is 0 Å². The van der Waals surface area contributed by atoms with E-state index in [0.717, 1.165) is 16.9 Å². The summed E-state index contributed by atoms with van der Waals surface area (Å²) in [5, 5.41) is 0. The largest absolute Gasteiger partial charge is 0.464 e. The molecule has 1 aromatic carbocycles. The average Bonchev–Trinajstić information content (AvgIpc) is 2.25. The number of carbonyl (C=O) groups excluding carboxylic acids is 1. The van der Waals surface area contributed by atoms with Gasteiger partial charge in [0.05, 0.1) is 18.9 Å². The van der Waals surface area contributed by atoms with Crippen molar-refractivity contribution in [3.05, 3.63) is 41.7 Å². The smallest absolute Gasteiger partial charge is 0.333 e. The van der Waals surface area contributed by atoms with Gasteiger partial charge in [-0.1, -0.05) is 12.1 Å². The number of benzene rings is 1. The molecule has 0 bridgehead atoms. The van der Waals surface area contributed by atoms with E-state index in [0.29, 0.717) is 6.61 Å². The lowest BCUT2D eigenvalue weighted by atomic mass is 10.1. The van der Waals surface area contributed by atoms with Gasteiger partial charge in [-0.3, -0.25) is 0 Å². The minimum absolute atomic E-state index is 0.368. The summed E-state index contributed by atoms with van der Waals surface area (Å²) in [5.74, 6) is 0.355. The van der Waals surface area contributed by atoms with Crippen molar-refractivity contribution in [2.24, 2.45) is 0 Å². The fraction of sp³-hybridized carbons (Fsp3) is 0.308. The number of ether oxygens (including phenoxy) is 2. The number of rotatable bonds is 4. The first-order chi connectivity index (χ1) is 7.65. The van der Waals surface area contributed by atoms with Crippen LogP contribution in [0.3, 0.4) is 0 Å². The molecule has 0 amide bonds. The minimum Gasteiger partial charge on any atom is -0.464 e. The highest BCUT2D eigenvalue weighted by Gasteiger charge is 2.00. The number of esters is 1. The summed E-state index contributed by atoms with van der Waals surface area (Å²) in [7, 11) is 0. The van der Waals surface area contributed by atoms with Gasteiger partial charge in [0.15, 0.2) is 0 Å². The van der Waals surface area contributed by atoms with Crippen molar-refractivity contribution in [2.75, 3.05) is 6.61 Å². The first kappa shape index (κ1) is 12.3. The van der Waals surface area contributed by atoms with Gasteiger partial charge in [0.1, 0.15) is 5.75 Å². The lowest BCUT2D eigenvalue weighted by molar-refractivity contribution is -0.137. The molecule has 0 aliphatic heterocycles. The summed E-state index contributed by atoms with van der Waals surface area (Å²) in [6.45, 7) is 6.12. The topological polar surface area (TPSA) is 35.5 Å². The summed E-state index contributed by atoms with van der Waals surface area (Å²) in [6, 6.07) is 5.78. The van der Waals surface area contributed by atoms with E-state index in [1.807, 2.05) is 32.0 Å². The van der Waals surface area contributed by atoms with E-state index in [4.69, 9.17) is 9.47 Å². The molecule has 16 heavy (non-hydrogen) atoms. The molecule has 0 aliphatic rings. The van der Waals surface area contributed by atoms with E-state index >= 15 is 0 Å². The molecule has 1 aromatic rings. The molecule has 0 N–H and O–H groups in total. The van der Waals surface area contributed by atoms with Crippen LogP contribution in [0.15, 0.2) is 30.5 Å². The molecule has 86 valence electrons. The summed E-state index contributed by atoms with van der Waals surface area (Å²) < 4.78 is 10.1. The molecule has 0 fully saturated rings. The molecule has 0 unspecified atom stereocenters. The van der Waals surface area contributed by atoms with E-state index in [2.05, 4.69) is 0 Å². The first-order valence-electron chi connectivity index (χ1n) is 5.21. The Morgan fingerprint density at radius 3 is 2.81 bits per heavy atom. The maximum absolute atomic E-state index is 11.0. The predicted molar refractivity (Wildman–Crippen MR) is 62.3 cm³/mol. The standard InChI is InChI=1S/C13H16O3/c1-4-15-13(14)8-9-16-12-7-5-6-10(2)11(12)3/h5-9H,4H2,1-3H3/b9-8+. The van der Waals surface area contributed by atoms with Crippen molar-refractivity contribution in [3.63, 3.8) is 0 Å². The van der Waals surface area contributed by atoms with Crippen LogP contribution < -0.4 is 4.74 Å². The molecular weight excluding hydrogens is 204 g/mol. The second-order valence-electron chi connectivity index (χ2n) is 3.37. The van der Waals surface area contributed by atoms with E-state index in [-0.39, 0.29) is 0 Å². The van der Waals surface area contributed by atoms with Crippen molar-refractivity contribution >= 4 is 5.97 Å². The van der Waals surface area contributed by atoms with Crippen molar-refractivity contribution in [2.45, 2.75) is 20.8 Å². The number of hydrogen-bond acceptors (Lipinski definition) is 3. The number of carbonyl (C=O) groups is 1. The van der Waals surface area contributed by atoms with Gasteiger partial charge in [-0.25, -0.2) is 4.79 Å². The van der Waals surface area contributed by atoms with E-state index < -0.39 is 5.97 Å². The third kappa shape index (κ3) is 3.42. The summed E-state index contributed by atoms with van der Waals surface area (Å²) in [5.41, 5.74) is 2.22. The highest BCUT2D eigenvalue weighted by molar-refractivity contribution is 5.81. The molecule has 0 radical (unpaired) electrons. The number of hydrogen-bond donors (Lipinski definition) is 0. The Balaban J connectivity index is 2.61. The maximum Gasteiger partial charge on any atom is 0.333 e. The summed E-state index contributed by atoms with van der Waals surface area (Å²) in [4.78, 5) is 11.0. The Morgan fingerprint density at radius 1 is 1.38 bits per heavy atom. The van der Waals surface area contributed by atoms with Crippen LogP contribution in [0.2, 0.25) is 0 Å². The molecule has 0 heterocycles. The molecule has 0 aromatic heterocycles. The quantitative estimate of drug-likeness (QED) is 0.444. The minimum atomic E-state index is -0.396. The molecular formula is C13H16O3. The third-order valence-electron chi connectivity index (χ3n) is 2.24. The molecule has 0 spiro atoms. The van der Waals surface area contributed by atoms with Crippen LogP contribution >= 0.6 is 0 Å². The molecule has 0 aliphatic carbocycles. The van der Waals surface area contributed by atoms with Gasteiger partial charge in [-0.15, -0.1) is 0 Å². The van der Waals surface area contributed by atoms with Gasteiger partial charge in [0.25, 0.3) is 0 Å². The normalized spacial score (nSPS) is 10.4. The SMILES string of the molecule is CCOC(=O)/C=C/Oc1cccc(C)c1C. The Bertz CT molecular complexity index is 394. The second kappa shape index (κ2) is 5.95. The number of aryl methyl sites for hydroxylation is 1. The first-order valence-corrected chi connectivity index (χ1v) is 5.21. The second-order valence-corrected chi connectivity index (χ2v) is 3.37. The van der Waals surface area contributed by atoms with Crippen LogP contribution in [0.1, 0.15) is 18.1 Å². The Hall–Kier alpha value is -1.77. The van der Waals surface area contributed by atoms with E-state index in [1.165, 1.54) is 12.3 Å². The van der Waals surface area contributed by atoms with Crippen LogP contribution in [-0.4, -0.2) is 12.6 Å². The van der Waals surface area contributed by atoms with Crippen LogP contribution in [0, 0.1) is 13.8 Å². The Morgan fingerprint density at radius 2 is 2.12 bits per heavy atom. The highest BCUT2D eigenvalue weighted by Crippen LogP contribution is 2.20. The molecule has 0 saturated heterocycles. The lowest BCUT2D eigenvalue weighted by Crippen LogP contribution is -2.00. The molecule has 3 heteroatoms. The lowest BCUT2D eigenvalue weighted by Gasteiger charge is -2.06. The van der Waals surface area contributed by atoms with Gasteiger partial charge in [0.2, 0.25) is 0 Å². The zero-order valence-electron chi connectivity index (χ0n) is 9.82. The van der Waals surface area contributed by atoms with Crippen LogP contribution in [0.4, 0.5) is 0 Å². The van der Waals surface area contributed by atoms with Crippen LogP contribution in [0.25, 0.3) is 0 Å². The fourth-order valence-electron chi connectivity index (χ4n) is 1.21. The van der Waals surface area contributed by atoms with Crippen molar-refractivity contribution in [1.82, 2.24) is 0 Å². The Labute approximate surface area is 95.7 Å². The van der Waals surface area contributed by atoms with E-state index in [1.54, 1.807) is 6.92 Å². The third-order valence-corrected chi connectivity index (χ3v) is 2.24. The van der Waals surface area contributed by atoms with Crippen molar-refractivity contribution in [1.29, 1.82) is 0 Å². The molecule has 0 atom stereocenters. The van der Waals surface area contributed by atoms with Crippen molar-refractivity contribution in [3.8, 4) is 5.75 Å². The van der Waals surface area contributed by atoms with Gasteiger partial charge in [-0.2, -0.15) is 0 Å². The molecule has 1 rings (SSSR count). The highest BCUT2D eigenvalue weighted by atomic mass is 16.5. The predicted octanol–water partition coefficient (Wildman–Crippen LogP) is 2.76. The van der Waals surface area contributed by atoms with Crippen molar-refractivity contribution < 1.29 is 14.3 Å². The zero-order valence-corrected chi connectivity index (χ0v) is 9.82. The van der Waals surface area contributed by atoms with Crippen LogP contribution in [0.5, 0.6) is 5.75 Å². The monoisotopic (exact) mass is 220 g/mol. The average molecular weight is 220 g/mol. The van der Waals surface area contributed by atoms with Crippen LogP contribution in [-0.2, 0) is 9.53 Å². The summed E-state index contributed by atoms with van der Waals surface area (Å²) in [6.07, 6.45) is 2.62. The fourth-order valence-corrected chi connectivity index (χ4v) is 1.21. The zero-order chi connectivity index (χ0) is 12.0. The maximum atomic E-state index is 11.0. The van der Waals surface area contributed by atoms with Gasteiger partial charge in [-0.05, 0) is 38.0 Å². The van der Waals surface area contributed by atoms with Gasteiger partial charge >= 0.3 is 5.97 Å². The Kier molecular flexibility index (Phi) is 4.58. The molecule has 3 nitrogen and oxygen atoms in total. The summed E-state index contributed by atoms with van der Waals surface area (Å²) >= 11 is 0. The molecule has 0 saturated carbocycles. The van der Waals surface area contributed by atoms with Gasteiger partial charge < -0.3 is 9.47 Å². The van der Waals surface area contributed by atoms with E-state index in [9.17, 15) is 4.79 Å².